The lowest BCUT2D eigenvalue weighted by atomic mass is 10.00. The largest absolute Gasteiger partial charge is 0.465 e. The quantitative estimate of drug-likeness (QED) is 0.848. The number of aryl methyl sites for hydroxylation is 1. The second-order valence-corrected chi connectivity index (χ2v) is 5.72. The van der Waals surface area contributed by atoms with Crippen LogP contribution in [-0.2, 0) is 0 Å². The van der Waals surface area contributed by atoms with Gasteiger partial charge in [-0.3, -0.25) is 4.90 Å². The highest BCUT2D eigenvalue weighted by molar-refractivity contribution is 5.11. The van der Waals surface area contributed by atoms with Gasteiger partial charge in [0, 0.05) is 25.6 Å². The van der Waals surface area contributed by atoms with Crippen LogP contribution in [0.1, 0.15) is 30.4 Å². The Kier molecular flexibility index (Phi) is 3.18. The minimum Gasteiger partial charge on any atom is -0.465 e. The number of aliphatic hydroxyl groups excluding tert-OH is 1. The predicted molar refractivity (Wildman–Crippen MR) is 69.0 cm³/mol. The number of likely N-dealkylation sites (tertiary alicyclic amines) is 1. The molecule has 2 heterocycles. The molecule has 3 rings (SSSR count). The van der Waals surface area contributed by atoms with Crippen LogP contribution < -0.4 is 5.73 Å². The maximum atomic E-state index is 9.96. The van der Waals surface area contributed by atoms with Gasteiger partial charge in [0.1, 0.15) is 11.5 Å². The molecule has 4 unspecified atom stereocenters. The standard InChI is InChI=1S/C14H22N2O2/c1-9-2-5-14(18-9)12(6-15)16-7-10-3-4-13(17)11(10)8-16/h2,5,10-13,17H,3-4,6-8,15H2,1H3. The molecular weight excluding hydrogens is 228 g/mol. The molecule has 4 atom stereocenters. The summed E-state index contributed by atoms with van der Waals surface area (Å²) in [5.74, 6) is 2.98. The fourth-order valence-corrected chi connectivity index (χ4v) is 3.60. The van der Waals surface area contributed by atoms with Gasteiger partial charge >= 0.3 is 0 Å². The minimum atomic E-state index is -0.114. The van der Waals surface area contributed by atoms with Crippen LogP contribution in [0, 0.1) is 18.8 Å². The number of fused-ring (bicyclic) bond motifs is 1. The number of nitrogens with two attached hydrogens (primary N) is 1. The third-order valence-electron chi connectivity index (χ3n) is 4.60. The first-order valence-electron chi connectivity index (χ1n) is 6.87. The monoisotopic (exact) mass is 250 g/mol. The van der Waals surface area contributed by atoms with Gasteiger partial charge in [0.25, 0.3) is 0 Å². The average molecular weight is 250 g/mol. The van der Waals surface area contributed by atoms with E-state index in [1.54, 1.807) is 0 Å². The molecule has 18 heavy (non-hydrogen) atoms. The molecule has 4 nitrogen and oxygen atoms in total. The third kappa shape index (κ3) is 1.98. The minimum absolute atomic E-state index is 0.114. The lowest BCUT2D eigenvalue weighted by molar-refractivity contribution is 0.115. The Labute approximate surface area is 108 Å². The van der Waals surface area contributed by atoms with E-state index in [0.717, 1.165) is 37.5 Å². The van der Waals surface area contributed by atoms with E-state index in [-0.39, 0.29) is 12.1 Å². The predicted octanol–water partition coefficient (Wildman–Crippen LogP) is 1.29. The van der Waals surface area contributed by atoms with Crippen molar-refractivity contribution in [2.75, 3.05) is 19.6 Å². The lowest BCUT2D eigenvalue weighted by Crippen LogP contribution is -2.33. The molecule has 0 spiro atoms. The van der Waals surface area contributed by atoms with Gasteiger partial charge in [0.15, 0.2) is 0 Å². The van der Waals surface area contributed by atoms with Crippen LogP contribution in [0.3, 0.4) is 0 Å². The van der Waals surface area contributed by atoms with Crippen molar-refractivity contribution in [1.82, 2.24) is 4.90 Å². The zero-order valence-corrected chi connectivity index (χ0v) is 10.9. The van der Waals surface area contributed by atoms with Crippen molar-refractivity contribution in [1.29, 1.82) is 0 Å². The van der Waals surface area contributed by atoms with Crippen LogP contribution in [0.4, 0.5) is 0 Å². The Bertz CT molecular complexity index is 418. The van der Waals surface area contributed by atoms with Gasteiger partial charge in [0.2, 0.25) is 0 Å². The Morgan fingerprint density at radius 3 is 2.89 bits per heavy atom. The number of hydrogen-bond donors (Lipinski definition) is 2. The first-order chi connectivity index (χ1) is 8.69. The van der Waals surface area contributed by atoms with Crippen LogP contribution in [-0.4, -0.2) is 35.7 Å². The molecule has 1 aliphatic heterocycles. The Hall–Kier alpha value is -0.840. The molecule has 0 amide bonds. The van der Waals surface area contributed by atoms with E-state index in [0.29, 0.717) is 18.4 Å². The number of nitrogens with zero attached hydrogens (tertiary/aromatic N) is 1. The highest BCUT2D eigenvalue weighted by Gasteiger charge is 2.44. The van der Waals surface area contributed by atoms with Crippen molar-refractivity contribution in [2.45, 2.75) is 31.9 Å². The second-order valence-electron chi connectivity index (χ2n) is 5.72. The molecule has 0 bridgehead atoms. The van der Waals surface area contributed by atoms with Gasteiger partial charge in [0.05, 0.1) is 12.1 Å². The Morgan fingerprint density at radius 1 is 1.44 bits per heavy atom. The van der Waals surface area contributed by atoms with Crippen LogP contribution in [0.2, 0.25) is 0 Å². The van der Waals surface area contributed by atoms with Crippen molar-refractivity contribution >= 4 is 0 Å². The summed E-state index contributed by atoms with van der Waals surface area (Å²) in [6.45, 7) is 4.53. The summed E-state index contributed by atoms with van der Waals surface area (Å²) in [5.41, 5.74) is 5.91. The summed E-state index contributed by atoms with van der Waals surface area (Å²) in [7, 11) is 0. The van der Waals surface area contributed by atoms with E-state index in [4.69, 9.17) is 10.2 Å². The molecule has 1 saturated heterocycles. The van der Waals surface area contributed by atoms with Gasteiger partial charge in [-0.05, 0) is 37.8 Å². The van der Waals surface area contributed by atoms with Crippen LogP contribution in [0.15, 0.2) is 16.5 Å². The molecule has 0 radical (unpaired) electrons. The molecule has 1 aromatic heterocycles. The maximum absolute atomic E-state index is 9.96. The third-order valence-corrected chi connectivity index (χ3v) is 4.60. The van der Waals surface area contributed by atoms with E-state index in [2.05, 4.69) is 4.90 Å². The summed E-state index contributed by atoms with van der Waals surface area (Å²) < 4.78 is 5.71. The molecule has 3 N–H and O–H groups in total. The fourth-order valence-electron chi connectivity index (χ4n) is 3.60. The number of furan rings is 1. The fraction of sp³-hybridized carbons (Fsp3) is 0.714. The van der Waals surface area contributed by atoms with Gasteiger partial charge in [-0.15, -0.1) is 0 Å². The molecule has 100 valence electrons. The van der Waals surface area contributed by atoms with Gasteiger partial charge in [-0.25, -0.2) is 0 Å². The molecule has 1 saturated carbocycles. The van der Waals surface area contributed by atoms with E-state index in [1.807, 2.05) is 19.1 Å². The van der Waals surface area contributed by atoms with Gasteiger partial charge < -0.3 is 15.3 Å². The summed E-state index contributed by atoms with van der Waals surface area (Å²) in [6, 6.07) is 4.18. The van der Waals surface area contributed by atoms with Crippen molar-refractivity contribution in [3.05, 3.63) is 23.7 Å². The van der Waals surface area contributed by atoms with Crippen molar-refractivity contribution in [3.63, 3.8) is 0 Å². The molecule has 0 aromatic carbocycles. The highest BCUT2D eigenvalue weighted by Crippen LogP contribution is 2.41. The summed E-state index contributed by atoms with van der Waals surface area (Å²) in [6.07, 6.45) is 2.00. The van der Waals surface area contributed by atoms with Crippen molar-refractivity contribution < 1.29 is 9.52 Å². The van der Waals surface area contributed by atoms with E-state index < -0.39 is 0 Å². The number of aliphatic hydroxyl groups is 1. The molecular formula is C14H22N2O2. The van der Waals surface area contributed by atoms with Crippen molar-refractivity contribution in [3.8, 4) is 0 Å². The van der Waals surface area contributed by atoms with E-state index in [9.17, 15) is 5.11 Å². The number of rotatable bonds is 3. The SMILES string of the molecule is Cc1ccc(C(CN)N2CC3CCC(O)C3C2)o1. The van der Waals surface area contributed by atoms with Crippen LogP contribution >= 0.6 is 0 Å². The molecule has 4 heteroatoms. The van der Waals surface area contributed by atoms with Crippen molar-refractivity contribution in [2.24, 2.45) is 17.6 Å². The van der Waals surface area contributed by atoms with E-state index >= 15 is 0 Å². The topological polar surface area (TPSA) is 62.6 Å². The van der Waals surface area contributed by atoms with Crippen LogP contribution in [0.25, 0.3) is 0 Å². The smallest absolute Gasteiger partial charge is 0.122 e. The Morgan fingerprint density at radius 2 is 2.28 bits per heavy atom. The average Bonchev–Trinajstić information content (AvgIpc) is 3.01. The molecule has 1 aliphatic carbocycles. The zero-order chi connectivity index (χ0) is 12.7. The first-order valence-corrected chi connectivity index (χ1v) is 6.87. The normalized spacial score (nSPS) is 33.8. The van der Waals surface area contributed by atoms with Gasteiger partial charge in [-0.2, -0.15) is 0 Å². The zero-order valence-electron chi connectivity index (χ0n) is 10.9. The number of hydrogen-bond acceptors (Lipinski definition) is 4. The molecule has 2 fully saturated rings. The second kappa shape index (κ2) is 4.68. The van der Waals surface area contributed by atoms with E-state index in [1.165, 1.54) is 0 Å². The summed E-state index contributed by atoms with van der Waals surface area (Å²) in [5, 5.41) is 9.96. The Balaban J connectivity index is 1.74. The van der Waals surface area contributed by atoms with Crippen LogP contribution in [0.5, 0.6) is 0 Å². The molecule has 1 aromatic rings. The highest BCUT2D eigenvalue weighted by atomic mass is 16.3. The maximum Gasteiger partial charge on any atom is 0.122 e. The lowest BCUT2D eigenvalue weighted by Gasteiger charge is -2.26. The first kappa shape index (κ1) is 12.2. The molecule has 2 aliphatic rings. The summed E-state index contributed by atoms with van der Waals surface area (Å²) in [4.78, 5) is 2.38. The van der Waals surface area contributed by atoms with Gasteiger partial charge in [-0.1, -0.05) is 0 Å². The summed E-state index contributed by atoms with van der Waals surface area (Å²) >= 11 is 0.